The number of carbonyl (C=O) groups excluding carboxylic acids is 1. The SMILES string of the molecule is CC1[C@H](O)OC(=O)N1c1ccc(OCc2ccccc2)c(F)c1. The summed E-state index contributed by atoms with van der Waals surface area (Å²) in [6.07, 6.45) is -1.93. The van der Waals surface area contributed by atoms with Crippen LogP contribution in [-0.2, 0) is 11.3 Å². The average Bonchev–Trinajstić information content (AvgIpc) is 2.80. The fourth-order valence-electron chi connectivity index (χ4n) is 2.38. The lowest BCUT2D eigenvalue weighted by Gasteiger charge is -2.19. The van der Waals surface area contributed by atoms with Gasteiger partial charge in [-0.2, -0.15) is 0 Å². The summed E-state index contributed by atoms with van der Waals surface area (Å²) in [4.78, 5) is 12.9. The molecule has 1 aliphatic heterocycles. The highest BCUT2D eigenvalue weighted by molar-refractivity contribution is 5.90. The highest BCUT2D eigenvalue weighted by Gasteiger charge is 2.38. The number of hydrogen-bond acceptors (Lipinski definition) is 4. The molecule has 1 unspecified atom stereocenters. The zero-order valence-corrected chi connectivity index (χ0v) is 12.5. The zero-order chi connectivity index (χ0) is 16.4. The van der Waals surface area contributed by atoms with Gasteiger partial charge in [0.1, 0.15) is 6.61 Å². The van der Waals surface area contributed by atoms with Gasteiger partial charge in [-0.05, 0) is 24.6 Å². The summed E-state index contributed by atoms with van der Waals surface area (Å²) < 4.78 is 24.4. The molecule has 5 nitrogen and oxygen atoms in total. The third-order valence-corrected chi connectivity index (χ3v) is 3.67. The standard InChI is InChI=1S/C17H16FNO4/c1-11-16(20)23-17(21)19(11)13-7-8-15(14(18)9-13)22-10-12-5-3-2-4-6-12/h2-9,11,16,20H,10H2,1H3/t11?,16-/m1/s1. The predicted molar refractivity (Wildman–Crippen MR) is 81.6 cm³/mol. The number of benzene rings is 2. The lowest BCUT2D eigenvalue weighted by Crippen LogP contribution is -2.33. The Morgan fingerprint density at radius 3 is 2.61 bits per heavy atom. The minimum Gasteiger partial charge on any atom is -0.486 e. The number of nitrogens with zero attached hydrogens (tertiary/aromatic N) is 1. The first-order valence-corrected chi connectivity index (χ1v) is 7.20. The smallest absolute Gasteiger partial charge is 0.417 e. The van der Waals surface area contributed by atoms with Gasteiger partial charge >= 0.3 is 6.09 Å². The molecule has 1 N–H and O–H groups in total. The number of carbonyl (C=O) groups is 1. The Morgan fingerprint density at radius 2 is 2.00 bits per heavy atom. The van der Waals surface area contributed by atoms with Crippen molar-refractivity contribution in [2.24, 2.45) is 0 Å². The lowest BCUT2D eigenvalue weighted by molar-refractivity contribution is -0.0312. The molecule has 1 amide bonds. The minimum absolute atomic E-state index is 0.0957. The van der Waals surface area contributed by atoms with Crippen molar-refractivity contribution in [2.75, 3.05) is 4.90 Å². The molecule has 0 radical (unpaired) electrons. The van der Waals surface area contributed by atoms with Gasteiger partial charge in [-0.15, -0.1) is 0 Å². The molecule has 120 valence electrons. The number of ether oxygens (including phenoxy) is 2. The summed E-state index contributed by atoms with van der Waals surface area (Å²) in [6, 6.07) is 13.0. The monoisotopic (exact) mass is 317 g/mol. The van der Waals surface area contributed by atoms with E-state index in [4.69, 9.17) is 9.47 Å². The first kappa shape index (κ1) is 15.3. The Balaban J connectivity index is 1.75. The van der Waals surface area contributed by atoms with Crippen molar-refractivity contribution in [1.29, 1.82) is 0 Å². The summed E-state index contributed by atoms with van der Waals surface area (Å²) in [6.45, 7) is 1.87. The van der Waals surface area contributed by atoms with Crippen molar-refractivity contribution in [3.63, 3.8) is 0 Å². The largest absolute Gasteiger partial charge is 0.486 e. The minimum atomic E-state index is -1.22. The molecule has 2 aromatic rings. The zero-order valence-electron chi connectivity index (χ0n) is 12.5. The number of amides is 1. The summed E-state index contributed by atoms with van der Waals surface area (Å²) in [7, 11) is 0. The highest BCUT2D eigenvalue weighted by atomic mass is 19.1. The molecule has 23 heavy (non-hydrogen) atoms. The molecule has 0 spiro atoms. The summed E-state index contributed by atoms with van der Waals surface area (Å²) in [5, 5.41) is 9.53. The van der Waals surface area contributed by atoms with Crippen LogP contribution < -0.4 is 9.64 Å². The molecule has 1 heterocycles. The van der Waals surface area contributed by atoms with Gasteiger partial charge in [-0.3, -0.25) is 4.90 Å². The number of hydrogen-bond donors (Lipinski definition) is 1. The van der Waals surface area contributed by atoms with Crippen molar-refractivity contribution in [3.05, 3.63) is 59.9 Å². The van der Waals surface area contributed by atoms with Crippen LogP contribution in [-0.4, -0.2) is 23.5 Å². The molecule has 0 aromatic heterocycles. The van der Waals surface area contributed by atoms with Crippen LogP contribution >= 0.6 is 0 Å². The Bertz CT molecular complexity index is 707. The Labute approximate surface area is 132 Å². The van der Waals surface area contributed by atoms with Crippen LogP contribution in [0.3, 0.4) is 0 Å². The van der Waals surface area contributed by atoms with Crippen LogP contribution in [0.25, 0.3) is 0 Å². The van der Waals surface area contributed by atoms with Gasteiger partial charge < -0.3 is 14.6 Å². The van der Waals surface area contributed by atoms with Crippen molar-refractivity contribution < 1.29 is 23.8 Å². The van der Waals surface area contributed by atoms with E-state index in [-0.39, 0.29) is 12.4 Å². The number of cyclic esters (lactones) is 1. The number of halogens is 1. The Kier molecular flexibility index (Phi) is 4.16. The maximum Gasteiger partial charge on any atom is 0.417 e. The van der Waals surface area contributed by atoms with Crippen molar-refractivity contribution in [1.82, 2.24) is 0 Å². The molecule has 1 saturated heterocycles. The second-order valence-corrected chi connectivity index (χ2v) is 5.27. The van der Waals surface area contributed by atoms with E-state index in [1.54, 1.807) is 13.0 Å². The fraction of sp³-hybridized carbons (Fsp3) is 0.235. The molecule has 1 fully saturated rings. The van der Waals surface area contributed by atoms with E-state index in [1.807, 2.05) is 30.3 Å². The van der Waals surface area contributed by atoms with E-state index in [2.05, 4.69) is 0 Å². The topological polar surface area (TPSA) is 59.0 Å². The molecule has 0 aliphatic carbocycles. The third kappa shape index (κ3) is 3.12. The van der Waals surface area contributed by atoms with Gasteiger partial charge in [0.25, 0.3) is 0 Å². The molecule has 0 bridgehead atoms. The predicted octanol–water partition coefficient (Wildman–Crippen LogP) is 3.07. The van der Waals surface area contributed by atoms with Crippen molar-refractivity contribution in [3.8, 4) is 5.75 Å². The lowest BCUT2D eigenvalue weighted by atomic mass is 10.2. The van der Waals surface area contributed by atoms with Crippen LogP contribution in [0.5, 0.6) is 5.75 Å². The first-order valence-electron chi connectivity index (χ1n) is 7.20. The van der Waals surface area contributed by atoms with Crippen LogP contribution in [0.1, 0.15) is 12.5 Å². The molecule has 3 rings (SSSR count). The van der Waals surface area contributed by atoms with Gasteiger partial charge in [0.2, 0.25) is 6.29 Å². The number of aliphatic hydroxyl groups excluding tert-OH is 1. The molecular formula is C17H16FNO4. The fourth-order valence-corrected chi connectivity index (χ4v) is 2.38. The summed E-state index contributed by atoms with van der Waals surface area (Å²) in [5.74, 6) is -0.488. The molecule has 2 atom stereocenters. The van der Waals surface area contributed by atoms with E-state index in [9.17, 15) is 14.3 Å². The number of anilines is 1. The molecule has 0 saturated carbocycles. The quantitative estimate of drug-likeness (QED) is 0.941. The van der Waals surface area contributed by atoms with Gasteiger partial charge in [0.05, 0.1) is 11.7 Å². The van der Waals surface area contributed by atoms with E-state index in [0.717, 1.165) is 5.56 Å². The summed E-state index contributed by atoms with van der Waals surface area (Å²) in [5.41, 5.74) is 1.24. The van der Waals surface area contributed by atoms with E-state index < -0.39 is 24.2 Å². The first-order chi connectivity index (χ1) is 11.1. The van der Waals surface area contributed by atoms with Crippen LogP contribution in [0.2, 0.25) is 0 Å². The van der Waals surface area contributed by atoms with Crippen molar-refractivity contribution >= 4 is 11.8 Å². The second-order valence-electron chi connectivity index (χ2n) is 5.27. The van der Waals surface area contributed by atoms with Crippen LogP contribution in [0, 0.1) is 5.82 Å². The van der Waals surface area contributed by atoms with E-state index in [0.29, 0.717) is 5.69 Å². The third-order valence-electron chi connectivity index (χ3n) is 3.67. The number of aliphatic hydroxyl groups is 1. The maximum atomic E-state index is 14.2. The second kappa shape index (κ2) is 6.26. The van der Waals surface area contributed by atoms with Crippen LogP contribution in [0.4, 0.5) is 14.9 Å². The summed E-state index contributed by atoms with van der Waals surface area (Å²) >= 11 is 0. The van der Waals surface area contributed by atoms with E-state index in [1.165, 1.54) is 17.0 Å². The molecule has 6 heteroatoms. The van der Waals surface area contributed by atoms with Gasteiger partial charge in [0.15, 0.2) is 11.6 Å². The van der Waals surface area contributed by atoms with Gasteiger partial charge in [-0.25, -0.2) is 9.18 Å². The Hall–Kier alpha value is -2.60. The maximum absolute atomic E-state index is 14.2. The van der Waals surface area contributed by atoms with Gasteiger partial charge in [-0.1, -0.05) is 30.3 Å². The van der Waals surface area contributed by atoms with Crippen LogP contribution in [0.15, 0.2) is 48.5 Å². The Morgan fingerprint density at radius 1 is 1.26 bits per heavy atom. The molecule has 2 aromatic carbocycles. The van der Waals surface area contributed by atoms with E-state index >= 15 is 0 Å². The average molecular weight is 317 g/mol. The normalized spacial score (nSPS) is 20.5. The highest BCUT2D eigenvalue weighted by Crippen LogP contribution is 2.30. The molecule has 1 aliphatic rings. The van der Waals surface area contributed by atoms with Crippen molar-refractivity contribution in [2.45, 2.75) is 25.9 Å². The van der Waals surface area contributed by atoms with Gasteiger partial charge in [0, 0.05) is 6.07 Å². The molecular weight excluding hydrogens is 301 g/mol. The number of rotatable bonds is 4.